The molecule has 1 amide bonds. The third kappa shape index (κ3) is 7.93. The zero-order valence-corrected chi connectivity index (χ0v) is 14.4. The van der Waals surface area contributed by atoms with E-state index in [-0.39, 0.29) is 18.8 Å². The second-order valence-electron chi connectivity index (χ2n) is 5.56. The summed E-state index contributed by atoms with van der Waals surface area (Å²) in [7, 11) is 3.02. The average Bonchev–Trinajstić information content (AvgIpc) is 2.56. The van der Waals surface area contributed by atoms with Crippen molar-refractivity contribution < 1.29 is 19.1 Å². The van der Waals surface area contributed by atoms with Crippen molar-refractivity contribution in [2.75, 3.05) is 21.0 Å². The van der Waals surface area contributed by atoms with Crippen molar-refractivity contribution in [3.8, 4) is 0 Å². The number of amides is 1. The Balaban J connectivity index is 2.32. The third-order valence-corrected chi connectivity index (χ3v) is 3.43. The number of rotatable bonds is 10. The maximum Gasteiger partial charge on any atom is 0.269 e. The molecule has 0 heterocycles. The van der Waals surface area contributed by atoms with E-state index in [1.54, 1.807) is 13.1 Å². The van der Waals surface area contributed by atoms with Gasteiger partial charge in [-0.1, -0.05) is 50.3 Å². The van der Waals surface area contributed by atoms with E-state index in [9.17, 15) is 4.79 Å². The van der Waals surface area contributed by atoms with Gasteiger partial charge in [-0.2, -0.15) is 0 Å². The molecule has 5 heteroatoms. The number of hydrogen-bond acceptors (Lipinski definition) is 4. The summed E-state index contributed by atoms with van der Waals surface area (Å²) in [5, 5.41) is 1.17. The fraction of sp³-hybridized carbons (Fsp3) is 0.500. The van der Waals surface area contributed by atoms with E-state index < -0.39 is 0 Å². The number of hydrogen-bond donors (Lipinski definition) is 0. The fourth-order valence-corrected chi connectivity index (χ4v) is 1.90. The highest BCUT2D eigenvalue weighted by molar-refractivity contribution is 5.86. The molecule has 0 aliphatic heterocycles. The van der Waals surface area contributed by atoms with Crippen LogP contribution in [0.2, 0.25) is 0 Å². The molecule has 0 spiro atoms. The van der Waals surface area contributed by atoms with Gasteiger partial charge in [-0.15, -0.1) is 0 Å². The van der Waals surface area contributed by atoms with Gasteiger partial charge in [-0.05, 0) is 17.9 Å². The molecule has 0 aliphatic rings. The van der Waals surface area contributed by atoms with Crippen LogP contribution in [0.3, 0.4) is 0 Å². The summed E-state index contributed by atoms with van der Waals surface area (Å²) in [6.07, 6.45) is 3.95. The van der Waals surface area contributed by atoms with Crippen LogP contribution in [-0.2, 0) is 25.7 Å². The van der Waals surface area contributed by atoms with Gasteiger partial charge in [-0.25, -0.2) is 5.06 Å². The van der Waals surface area contributed by atoms with Gasteiger partial charge in [0.15, 0.2) is 0 Å². The van der Waals surface area contributed by atoms with Gasteiger partial charge in [0.1, 0.15) is 6.79 Å². The Morgan fingerprint density at radius 2 is 1.96 bits per heavy atom. The van der Waals surface area contributed by atoms with E-state index in [0.29, 0.717) is 18.9 Å². The van der Waals surface area contributed by atoms with E-state index in [2.05, 4.69) is 13.8 Å². The topological polar surface area (TPSA) is 48.0 Å². The van der Waals surface area contributed by atoms with Crippen molar-refractivity contribution in [2.24, 2.45) is 5.92 Å². The van der Waals surface area contributed by atoms with Gasteiger partial charge in [-0.3, -0.25) is 9.63 Å². The molecule has 0 unspecified atom stereocenters. The van der Waals surface area contributed by atoms with Crippen LogP contribution in [0.1, 0.15) is 25.8 Å². The number of nitrogens with zero attached hydrogens (tertiary/aromatic N) is 1. The van der Waals surface area contributed by atoms with Crippen LogP contribution >= 0.6 is 0 Å². The minimum absolute atomic E-state index is 0.00248. The highest BCUT2D eigenvalue weighted by Gasteiger charge is 2.13. The molecule has 5 nitrogen and oxygen atoms in total. The first-order chi connectivity index (χ1) is 11.0. The van der Waals surface area contributed by atoms with Crippen molar-refractivity contribution in [1.29, 1.82) is 0 Å². The van der Waals surface area contributed by atoms with Crippen molar-refractivity contribution in [1.82, 2.24) is 5.06 Å². The molecule has 0 aliphatic carbocycles. The first-order valence-electron chi connectivity index (χ1n) is 7.76. The van der Waals surface area contributed by atoms with Crippen LogP contribution in [0.5, 0.6) is 0 Å². The highest BCUT2D eigenvalue weighted by atomic mass is 16.7. The lowest BCUT2D eigenvalue weighted by molar-refractivity contribution is -0.162. The Morgan fingerprint density at radius 3 is 2.57 bits per heavy atom. The SMILES string of the molecule is CON(C)C(=O)/C=C/C[C@H](OCOCc1ccccc1)C(C)C. The molecular formula is C18H27NO4. The van der Waals surface area contributed by atoms with E-state index in [4.69, 9.17) is 14.3 Å². The summed E-state index contributed by atoms with van der Waals surface area (Å²) in [6, 6.07) is 9.97. The number of likely N-dealkylation sites (N-methyl/N-ethyl adjacent to an activating group) is 1. The van der Waals surface area contributed by atoms with Gasteiger partial charge in [0.25, 0.3) is 5.91 Å². The maximum atomic E-state index is 11.6. The van der Waals surface area contributed by atoms with Crippen LogP contribution in [0.15, 0.2) is 42.5 Å². The quantitative estimate of drug-likeness (QED) is 0.287. The van der Waals surface area contributed by atoms with Gasteiger partial charge < -0.3 is 9.47 Å². The Hall–Kier alpha value is -1.69. The zero-order chi connectivity index (χ0) is 17.1. The largest absolute Gasteiger partial charge is 0.352 e. The lowest BCUT2D eigenvalue weighted by Gasteiger charge is -2.20. The third-order valence-electron chi connectivity index (χ3n) is 3.43. The van der Waals surface area contributed by atoms with Crippen LogP contribution in [0.25, 0.3) is 0 Å². The summed E-state index contributed by atoms with van der Waals surface area (Å²) in [5.74, 6) is 0.130. The summed E-state index contributed by atoms with van der Waals surface area (Å²) in [4.78, 5) is 16.4. The normalized spacial score (nSPS) is 12.7. The maximum absolute atomic E-state index is 11.6. The molecule has 0 radical (unpaired) electrons. The smallest absolute Gasteiger partial charge is 0.269 e. The van der Waals surface area contributed by atoms with Gasteiger partial charge in [0, 0.05) is 13.1 Å². The molecule has 0 fully saturated rings. The number of carbonyl (C=O) groups is 1. The van der Waals surface area contributed by atoms with E-state index in [1.807, 2.05) is 30.3 Å². The first-order valence-corrected chi connectivity index (χ1v) is 7.76. The highest BCUT2D eigenvalue weighted by Crippen LogP contribution is 2.12. The summed E-state index contributed by atoms with van der Waals surface area (Å²) < 4.78 is 11.3. The summed E-state index contributed by atoms with van der Waals surface area (Å²) in [5.41, 5.74) is 1.12. The molecule has 0 aromatic heterocycles. The Kier molecular flexibility index (Phi) is 9.21. The summed E-state index contributed by atoms with van der Waals surface area (Å²) in [6.45, 7) is 4.92. The molecule has 1 rings (SSSR count). The van der Waals surface area contributed by atoms with E-state index in [0.717, 1.165) is 5.56 Å². The Labute approximate surface area is 138 Å². The van der Waals surface area contributed by atoms with Crippen LogP contribution in [0, 0.1) is 5.92 Å². The van der Waals surface area contributed by atoms with E-state index >= 15 is 0 Å². The average molecular weight is 321 g/mol. The molecule has 23 heavy (non-hydrogen) atoms. The van der Waals surface area contributed by atoms with Gasteiger partial charge in [0.05, 0.1) is 19.8 Å². The molecular weight excluding hydrogens is 294 g/mol. The second-order valence-corrected chi connectivity index (χ2v) is 5.56. The van der Waals surface area contributed by atoms with Crippen LogP contribution in [0.4, 0.5) is 0 Å². The van der Waals surface area contributed by atoms with Crippen molar-refractivity contribution in [3.05, 3.63) is 48.0 Å². The lowest BCUT2D eigenvalue weighted by atomic mass is 10.0. The number of ether oxygens (including phenoxy) is 2. The van der Waals surface area contributed by atoms with Gasteiger partial charge >= 0.3 is 0 Å². The van der Waals surface area contributed by atoms with Crippen LogP contribution < -0.4 is 0 Å². The predicted octanol–water partition coefficient (Wildman–Crippen LogP) is 3.17. The molecule has 0 N–H and O–H groups in total. The molecule has 128 valence electrons. The number of hydroxylamine groups is 2. The minimum Gasteiger partial charge on any atom is -0.352 e. The number of carbonyl (C=O) groups excluding carboxylic acids is 1. The molecule has 0 bridgehead atoms. The lowest BCUT2D eigenvalue weighted by Crippen LogP contribution is -2.24. The second kappa shape index (κ2) is 10.9. The minimum atomic E-state index is -0.199. The molecule has 1 atom stereocenters. The van der Waals surface area contributed by atoms with Crippen molar-refractivity contribution in [3.63, 3.8) is 0 Å². The monoisotopic (exact) mass is 321 g/mol. The molecule has 1 aromatic rings. The molecule has 0 saturated carbocycles. The fourth-order valence-electron chi connectivity index (χ4n) is 1.90. The standard InChI is InChI=1S/C18H27NO4/c1-15(2)17(11-8-12-18(20)19(3)21-4)23-14-22-13-16-9-6-5-7-10-16/h5-10,12,15,17H,11,13-14H2,1-4H3/b12-8+/t17-/m0/s1. The Bertz CT molecular complexity index is 473. The summed E-state index contributed by atoms with van der Waals surface area (Å²) >= 11 is 0. The van der Waals surface area contributed by atoms with Gasteiger partial charge in [0.2, 0.25) is 0 Å². The van der Waals surface area contributed by atoms with Crippen molar-refractivity contribution in [2.45, 2.75) is 33.0 Å². The zero-order valence-electron chi connectivity index (χ0n) is 14.4. The number of benzene rings is 1. The van der Waals surface area contributed by atoms with Crippen LogP contribution in [-0.4, -0.2) is 38.0 Å². The Morgan fingerprint density at radius 1 is 1.26 bits per heavy atom. The van der Waals surface area contributed by atoms with E-state index in [1.165, 1.54) is 18.2 Å². The first kappa shape index (κ1) is 19.4. The predicted molar refractivity (Wildman–Crippen MR) is 89.3 cm³/mol. The van der Waals surface area contributed by atoms with Crippen molar-refractivity contribution >= 4 is 5.91 Å². The molecule has 1 aromatic carbocycles. The molecule has 0 saturated heterocycles.